The molecule has 0 spiro atoms. The number of amides is 2. The summed E-state index contributed by atoms with van der Waals surface area (Å²) in [5.74, 6) is -1.13. The lowest BCUT2D eigenvalue weighted by molar-refractivity contribution is -0.138. The van der Waals surface area contributed by atoms with Crippen molar-refractivity contribution >= 4 is 23.1 Å². The molecule has 0 saturated carbocycles. The Bertz CT molecular complexity index is 868. The van der Waals surface area contributed by atoms with Crippen molar-refractivity contribution in [2.75, 3.05) is 5.32 Å². The SMILES string of the molecule is CCc1ccc(NC2=C(c3ccc(F)cc3)C(=O)N(C(C)C)C2=O)cc1. The summed E-state index contributed by atoms with van der Waals surface area (Å²) in [6.07, 6.45) is 0.919. The van der Waals surface area contributed by atoms with Gasteiger partial charge < -0.3 is 5.32 Å². The lowest BCUT2D eigenvalue weighted by atomic mass is 10.0. The van der Waals surface area contributed by atoms with E-state index in [0.717, 1.165) is 12.1 Å². The van der Waals surface area contributed by atoms with Crippen LogP contribution in [0.1, 0.15) is 31.9 Å². The molecule has 0 aromatic heterocycles. The van der Waals surface area contributed by atoms with Gasteiger partial charge in [0.15, 0.2) is 0 Å². The van der Waals surface area contributed by atoms with Crippen LogP contribution in [0.3, 0.4) is 0 Å². The highest BCUT2D eigenvalue weighted by molar-refractivity contribution is 6.36. The van der Waals surface area contributed by atoms with Crippen LogP contribution in [0.25, 0.3) is 5.57 Å². The number of anilines is 1. The van der Waals surface area contributed by atoms with Crippen molar-refractivity contribution in [3.05, 3.63) is 71.2 Å². The van der Waals surface area contributed by atoms with E-state index in [0.29, 0.717) is 5.56 Å². The standard InChI is InChI=1S/C21H21FN2O2/c1-4-14-5-11-17(12-6-14)23-19-18(15-7-9-16(22)10-8-15)20(25)24(13(2)3)21(19)26/h5-13,23H,4H2,1-3H3. The van der Waals surface area contributed by atoms with E-state index in [4.69, 9.17) is 0 Å². The van der Waals surface area contributed by atoms with Gasteiger partial charge in [0.05, 0.1) is 5.57 Å². The van der Waals surface area contributed by atoms with Crippen molar-refractivity contribution in [1.29, 1.82) is 0 Å². The van der Waals surface area contributed by atoms with Crippen LogP contribution in [0.2, 0.25) is 0 Å². The van der Waals surface area contributed by atoms with Gasteiger partial charge in [-0.15, -0.1) is 0 Å². The summed E-state index contributed by atoms with van der Waals surface area (Å²) in [7, 11) is 0. The molecule has 2 aromatic rings. The van der Waals surface area contributed by atoms with Crippen molar-refractivity contribution in [1.82, 2.24) is 4.90 Å². The fraction of sp³-hybridized carbons (Fsp3) is 0.238. The number of hydrogen-bond donors (Lipinski definition) is 1. The monoisotopic (exact) mass is 352 g/mol. The second kappa shape index (κ2) is 7.12. The molecule has 0 radical (unpaired) electrons. The van der Waals surface area contributed by atoms with E-state index in [1.54, 1.807) is 13.8 Å². The summed E-state index contributed by atoms with van der Waals surface area (Å²) in [6, 6.07) is 13.0. The van der Waals surface area contributed by atoms with E-state index in [1.807, 2.05) is 24.3 Å². The fourth-order valence-electron chi connectivity index (χ4n) is 2.98. The fourth-order valence-corrected chi connectivity index (χ4v) is 2.98. The van der Waals surface area contributed by atoms with Crippen molar-refractivity contribution < 1.29 is 14.0 Å². The highest BCUT2D eigenvalue weighted by Gasteiger charge is 2.40. The van der Waals surface area contributed by atoms with Gasteiger partial charge in [0.2, 0.25) is 0 Å². The molecule has 26 heavy (non-hydrogen) atoms. The number of imide groups is 1. The maximum Gasteiger partial charge on any atom is 0.278 e. The zero-order chi connectivity index (χ0) is 18.8. The average molecular weight is 352 g/mol. The molecule has 0 atom stereocenters. The molecular weight excluding hydrogens is 331 g/mol. The smallest absolute Gasteiger partial charge is 0.278 e. The first-order valence-electron chi connectivity index (χ1n) is 8.66. The lowest BCUT2D eigenvalue weighted by Gasteiger charge is -2.19. The van der Waals surface area contributed by atoms with Gasteiger partial charge >= 0.3 is 0 Å². The predicted octanol–water partition coefficient (Wildman–Crippen LogP) is 3.99. The van der Waals surface area contributed by atoms with Gasteiger partial charge in [-0.05, 0) is 55.7 Å². The van der Waals surface area contributed by atoms with E-state index in [2.05, 4.69) is 12.2 Å². The van der Waals surface area contributed by atoms with E-state index >= 15 is 0 Å². The summed E-state index contributed by atoms with van der Waals surface area (Å²) < 4.78 is 13.3. The molecule has 3 rings (SSSR count). The van der Waals surface area contributed by atoms with Crippen LogP contribution in [0.5, 0.6) is 0 Å². The number of carbonyl (C=O) groups excluding carboxylic acids is 2. The molecule has 4 nitrogen and oxygen atoms in total. The zero-order valence-electron chi connectivity index (χ0n) is 15.0. The van der Waals surface area contributed by atoms with Gasteiger partial charge in [0.25, 0.3) is 11.8 Å². The Hall–Kier alpha value is -2.95. The van der Waals surface area contributed by atoms with Crippen molar-refractivity contribution in [3.8, 4) is 0 Å². The van der Waals surface area contributed by atoms with Gasteiger partial charge in [-0.2, -0.15) is 0 Å². The van der Waals surface area contributed by atoms with E-state index in [-0.39, 0.29) is 29.1 Å². The number of nitrogens with zero attached hydrogens (tertiary/aromatic N) is 1. The molecule has 2 aromatic carbocycles. The quantitative estimate of drug-likeness (QED) is 0.828. The number of rotatable bonds is 5. The number of nitrogens with one attached hydrogen (secondary N) is 1. The molecular formula is C21H21FN2O2. The highest BCUT2D eigenvalue weighted by Crippen LogP contribution is 2.31. The molecule has 1 aliphatic rings. The van der Waals surface area contributed by atoms with Gasteiger partial charge in [0.1, 0.15) is 11.5 Å². The molecule has 1 N–H and O–H groups in total. The summed E-state index contributed by atoms with van der Waals surface area (Å²) in [5, 5.41) is 3.09. The summed E-state index contributed by atoms with van der Waals surface area (Å²) in [6.45, 7) is 5.64. The molecule has 0 aliphatic carbocycles. The largest absolute Gasteiger partial charge is 0.350 e. The molecule has 1 heterocycles. The minimum atomic E-state index is -0.392. The third-order valence-electron chi connectivity index (χ3n) is 4.40. The zero-order valence-corrected chi connectivity index (χ0v) is 15.0. The highest BCUT2D eigenvalue weighted by atomic mass is 19.1. The normalized spacial score (nSPS) is 14.6. The second-order valence-corrected chi connectivity index (χ2v) is 6.51. The number of aryl methyl sites for hydroxylation is 1. The number of carbonyl (C=O) groups is 2. The van der Waals surface area contributed by atoms with Crippen LogP contribution in [0.4, 0.5) is 10.1 Å². The summed E-state index contributed by atoms with van der Waals surface area (Å²) in [5.41, 5.74) is 2.91. The molecule has 5 heteroatoms. The minimum Gasteiger partial charge on any atom is -0.350 e. The third-order valence-corrected chi connectivity index (χ3v) is 4.40. The predicted molar refractivity (Wildman–Crippen MR) is 99.8 cm³/mol. The Labute approximate surface area is 152 Å². The Kier molecular flexibility index (Phi) is 4.89. The first kappa shape index (κ1) is 17.9. The number of benzene rings is 2. The minimum absolute atomic E-state index is 0.222. The Morgan fingerprint density at radius 1 is 0.962 bits per heavy atom. The maximum atomic E-state index is 13.3. The Morgan fingerprint density at radius 2 is 1.58 bits per heavy atom. The first-order chi connectivity index (χ1) is 12.4. The van der Waals surface area contributed by atoms with Crippen molar-refractivity contribution in [2.24, 2.45) is 0 Å². The summed E-state index contributed by atoms with van der Waals surface area (Å²) >= 11 is 0. The molecule has 0 bridgehead atoms. The molecule has 1 aliphatic heterocycles. The molecule has 0 unspecified atom stereocenters. The van der Waals surface area contributed by atoms with Gasteiger partial charge in [-0.1, -0.05) is 31.2 Å². The molecule has 2 amide bonds. The lowest BCUT2D eigenvalue weighted by Crippen LogP contribution is -2.38. The van der Waals surface area contributed by atoms with E-state index in [9.17, 15) is 14.0 Å². The Morgan fingerprint density at radius 3 is 2.12 bits per heavy atom. The number of hydrogen-bond acceptors (Lipinski definition) is 3. The van der Waals surface area contributed by atoms with E-state index in [1.165, 1.54) is 34.7 Å². The second-order valence-electron chi connectivity index (χ2n) is 6.51. The maximum absolute atomic E-state index is 13.3. The van der Waals surface area contributed by atoms with Gasteiger partial charge in [-0.3, -0.25) is 14.5 Å². The Balaban J connectivity index is 2.05. The average Bonchev–Trinajstić information content (AvgIpc) is 2.87. The molecule has 134 valence electrons. The van der Waals surface area contributed by atoms with Crippen LogP contribution in [-0.2, 0) is 16.0 Å². The van der Waals surface area contributed by atoms with Crippen molar-refractivity contribution in [2.45, 2.75) is 33.2 Å². The number of halogens is 1. The van der Waals surface area contributed by atoms with Gasteiger partial charge in [0, 0.05) is 11.7 Å². The van der Waals surface area contributed by atoms with E-state index < -0.39 is 5.82 Å². The first-order valence-corrected chi connectivity index (χ1v) is 8.66. The van der Waals surface area contributed by atoms with Crippen LogP contribution in [0.15, 0.2) is 54.2 Å². The molecule has 0 fully saturated rings. The molecule has 0 saturated heterocycles. The van der Waals surface area contributed by atoms with Gasteiger partial charge in [-0.25, -0.2) is 4.39 Å². The third kappa shape index (κ3) is 3.25. The van der Waals surface area contributed by atoms with Crippen LogP contribution >= 0.6 is 0 Å². The van der Waals surface area contributed by atoms with Crippen LogP contribution in [0, 0.1) is 5.82 Å². The summed E-state index contributed by atoms with van der Waals surface area (Å²) in [4.78, 5) is 26.9. The van der Waals surface area contributed by atoms with Crippen molar-refractivity contribution in [3.63, 3.8) is 0 Å². The van der Waals surface area contributed by atoms with Crippen LogP contribution < -0.4 is 5.32 Å². The topological polar surface area (TPSA) is 49.4 Å². The van der Waals surface area contributed by atoms with Crippen LogP contribution in [-0.4, -0.2) is 22.8 Å².